The van der Waals surface area contributed by atoms with E-state index in [-0.39, 0.29) is 49.1 Å². The van der Waals surface area contributed by atoms with Crippen LogP contribution in [-0.4, -0.2) is 40.0 Å². The summed E-state index contributed by atoms with van der Waals surface area (Å²) in [6, 6.07) is 13.2. The van der Waals surface area contributed by atoms with Gasteiger partial charge < -0.3 is 25.2 Å². The van der Waals surface area contributed by atoms with E-state index >= 15 is 0 Å². The van der Waals surface area contributed by atoms with Crippen molar-refractivity contribution in [2.24, 2.45) is 0 Å². The average molecular weight is 463 g/mol. The van der Waals surface area contributed by atoms with Crippen molar-refractivity contribution in [3.8, 4) is 17.1 Å². The summed E-state index contributed by atoms with van der Waals surface area (Å²) in [5.41, 5.74) is 1.59. The maximum atomic E-state index is 12.4. The van der Waals surface area contributed by atoms with Gasteiger partial charge in [0.05, 0.1) is 23.9 Å². The highest BCUT2D eigenvalue weighted by Gasteiger charge is 2.27. The third-order valence-corrected chi connectivity index (χ3v) is 5.10. The van der Waals surface area contributed by atoms with Crippen LogP contribution in [0.4, 0.5) is 5.69 Å². The number of amides is 3. The van der Waals surface area contributed by atoms with Gasteiger partial charge in [0.15, 0.2) is 0 Å². The molecule has 2 heterocycles. The number of para-hydroxylation sites is 1. The fourth-order valence-electron chi connectivity index (χ4n) is 3.45. The van der Waals surface area contributed by atoms with Crippen LogP contribution in [0.15, 0.2) is 53.1 Å². The molecule has 0 radical (unpaired) electrons. The van der Waals surface area contributed by atoms with E-state index in [2.05, 4.69) is 26.1 Å². The molecule has 10 heteroatoms. The molecule has 176 valence electrons. The Morgan fingerprint density at radius 3 is 2.68 bits per heavy atom. The van der Waals surface area contributed by atoms with E-state index in [1.165, 1.54) is 0 Å². The normalized spacial score (nSPS) is 15.2. The van der Waals surface area contributed by atoms with Crippen molar-refractivity contribution in [3.05, 3.63) is 60.0 Å². The van der Waals surface area contributed by atoms with Crippen molar-refractivity contribution >= 4 is 23.4 Å². The second-order valence-electron chi connectivity index (χ2n) is 8.08. The number of rotatable bonds is 8. The quantitative estimate of drug-likeness (QED) is 0.467. The van der Waals surface area contributed by atoms with Crippen molar-refractivity contribution in [1.29, 1.82) is 0 Å². The van der Waals surface area contributed by atoms with Gasteiger partial charge in [0, 0.05) is 12.0 Å². The largest absolute Gasteiger partial charge is 0.491 e. The van der Waals surface area contributed by atoms with E-state index < -0.39 is 6.04 Å². The van der Waals surface area contributed by atoms with Gasteiger partial charge in [0.1, 0.15) is 11.8 Å². The van der Waals surface area contributed by atoms with Gasteiger partial charge in [0.2, 0.25) is 23.5 Å². The van der Waals surface area contributed by atoms with E-state index in [1.54, 1.807) is 24.3 Å². The number of ether oxygens (including phenoxy) is 1. The molecule has 3 amide bonds. The molecule has 3 aromatic rings. The van der Waals surface area contributed by atoms with Crippen LogP contribution in [0.25, 0.3) is 11.4 Å². The Bertz CT molecular complexity index is 1190. The summed E-state index contributed by atoms with van der Waals surface area (Å²) < 4.78 is 10.8. The molecule has 3 N–H and O–H groups in total. The summed E-state index contributed by atoms with van der Waals surface area (Å²) in [6.07, 6.45) is 0.264. The van der Waals surface area contributed by atoms with E-state index in [4.69, 9.17) is 9.26 Å². The summed E-state index contributed by atoms with van der Waals surface area (Å²) in [4.78, 5) is 41.4. The molecule has 4 rings (SSSR count). The number of aromatic nitrogens is 2. The first-order valence-corrected chi connectivity index (χ1v) is 11.0. The highest BCUT2D eigenvalue weighted by Crippen LogP contribution is 2.21. The summed E-state index contributed by atoms with van der Waals surface area (Å²) in [7, 11) is 0. The molecule has 0 saturated carbocycles. The first-order valence-electron chi connectivity index (χ1n) is 11.0. The lowest BCUT2D eigenvalue weighted by molar-refractivity contribution is -0.122. The van der Waals surface area contributed by atoms with Crippen molar-refractivity contribution in [1.82, 2.24) is 20.8 Å². The maximum Gasteiger partial charge on any atom is 0.254 e. The molecule has 0 fully saturated rings. The van der Waals surface area contributed by atoms with Gasteiger partial charge in [-0.15, -0.1) is 0 Å². The van der Waals surface area contributed by atoms with Crippen LogP contribution >= 0.6 is 0 Å². The molecular weight excluding hydrogens is 438 g/mol. The molecule has 1 aromatic heterocycles. The molecule has 2 aromatic carbocycles. The summed E-state index contributed by atoms with van der Waals surface area (Å²) in [6.45, 7) is 3.96. The first-order chi connectivity index (χ1) is 16.4. The topological polar surface area (TPSA) is 135 Å². The van der Waals surface area contributed by atoms with E-state index in [0.717, 1.165) is 11.3 Å². The number of carbonyl (C=O) groups is 3. The van der Waals surface area contributed by atoms with Crippen molar-refractivity contribution < 1.29 is 23.6 Å². The number of benzene rings is 2. The van der Waals surface area contributed by atoms with Gasteiger partial charge in [-0.25, -0.2) is 0 Å². The van der Waals surface area contributed by atoms with Crippen LogP contribution in [-0.2, 0) is 16.1 Å². The van der Waals surface area contributed by atoms with Crippen molar-refractivity contribution in [2.75, 3.05) is 5.32 Å². The van der Waals surface area contributed by atoms with Gasteiger partial charge in [-0.3, -0.25) is 14.4 Å². The number of fused-ring (bicyclic) bond motifs is 1. The lowest BCUT2D eigenvalue weighted by atomic mass is 10.1. The van der Waals surface area contributed by atoms with Crippen LogP contribution in [0, 0.1) is 0 Å². The molecule has 0 bridgehead atoms. The SMILES string of the molecule is CC(C)Oc1ccc(-c2noc(CNC(=O)CC[C@H]3NC(=O)c4ccccc4NC3=O)n2)cc1. The van der Waals surface area contributed by atoms with Crippen LogP contribution in [0.1, 0.15) is 42.9 Å². The number of nitrogens with zero attached hydrogens (tertiary/aromatic N) is 2. The lowest BCUT2D eigenvalue weighted by Gasteiger charge is -2.14. The number of carbonyl (C=O) groups excluding carboxylic acids is 3. The minimum atomic E-state index is -0.816. The van der Waals surface area contributed by atoms with Gasteiger partial charge in [-0.05, 0) is 56.7 Å². The summed E-state index contributed by atoms with van der Waals surface area (Å²) in [5, 5.41) is 12.0. The Labute approximate surface area is 196 Å². The fraction of sp³-hybridized carbons (Fsp3) is 0.292. The van der Waals surface area contributed by atoms with E-state index in [1.807, 2.05) is 38.1 Å². The Morgan fingerprint density at radius 1 is 1.15 bits per heavy atom. The molecule has 0 aliphatic carbocycles. The molecule has 1 atom stereocenters. The molecule has 34 heavy (non-hydrogen) atoms. The number of hydrogen-bond acceptors (Lipinski definition) is 7. The van der Waals surface area contributed by atoms with Gasteiger partial charge in [-0.1, -0.05) is 17.3 Å². The van der Waals surface area contributed by atoms with E-state index in [9.17, 15) is 14.4 Å². The van der Waals surface area contributed by atoms with Gasteiger partial charge in [0.25, 0.3) is 5.91 Å². The third kappa shape index (κ3) is 5.58. The Morgan fingerprint density at radius 2 is 1.91 bits per heavy atom. The number of nitrogens with one attached hydrogen (secondary N) is 3. The predicted octanol–water partition coefficient (Wildman–Crippen LogP) is 2.67. The average Bonchev–Trinajstić information content (AvgIpc) is 3.25. The molecule has 1 aliphatic rings. The molecule has 0 spiro atoms. The molecule has 0 saturated heterocycles. The Kier molecular flexibility index (Phi) is 6.86. The maximum absolute atomic E-state index is 12.4. The second-order valence-corrected chi connectivity index (χ2v) is 8.08. The molecular formula is C24H25N5O5. The number of hydrogen-bond donors (Lipinski definition) is 3. The Hall–Kier alpha value is -4.21. The molecule has 10 nitrogen and oxygen atoms in total. The molecule has 1 aliphatic heterocycles. The zero-order chi connectivity index (χ0) is 24.1. The summed E-state index contributed by atoms with van der Waals surface area (Å²) >= 11 is 0. The van der Waals surface area contributed by atoms with Gasteiger partial charge >= 0.3 is 0 Å². The first kappa shape index (κ1) is 23.0. The lowest BCUT2D eigenvalue weighted by Crippen LogP contribution is -2.42. The third-order valence-electron chi connectivity index (χ3n) is 5.10. The van der Waals surface area contributed by atoms with Crippen molar-refractivity contribution in [3.63, 3.8) is 0 Å². The monoisotopic (exact) mass is 463 g/mol. The zero-order valence-electron chi connectivity index (χ0n) is 18.8. The highest BCUT2D eigenvalue weighted by atomic mass is 16.5. The molecule has 0 unspecified atom stereocenters. The van der Waals surface area contributed by atoms with Crippen LogP contribution in [0.5, 0.6) is 5.75 Å². The predicted molar refractivity (Wildman–Crippen MR) is 123 cm³/mol. The minimum Gasteiger partial charge on any atom is -0.491 e. The standard InChI is InChI=1S/C24H25N5O5/c1-14(2)33-16-9-7-15(8-10-16)22-28-21(34-29-22)13-25-20(30)12-11-19-24(32)26-18-6-4-3-5-17(18)23(31)27-19/h3-10,14,19H,11-13H2,1-2H3,(H,25,30)(H,26,32)(H,27,31)/t19-/m1/s1. The summed E-state index contributed by atoms with van der Waals surface area (Å²) in [5.74, 6) is 0.370. The Balaban J connectivity index is 1.27. The second kappa shape index (κ2) is 10.2. The zero-order valence-corrected chi connectivity index (χ0v) is 18.8. The number of anilines is 1. The fourth-order valence-corrected chi connectivity index (χ4v) is 3.45. The smallest absolute Gasteiger partial charge is 0.254 e. The van der Waals surface area contributed by atoms with Crippen LogP contribution < -0.4 is 20.7 Å². The van der Waals surface area contributed by atoms with Crippen LogP contribution in [0.3, 0.4) is 0 Å². The van der Waals surface area contributed by atoms with Crippen molar-refractivity contribution in [2.45, 2.75) is 45.4 Å². The highest BCUT2D eigenvalue weighted by molar-refractivity contribution is 6.09. The minimum absolute atomic E-state index is 0.0347. The van der Waals surface area contributed by atoms with Gasteiger partial charge in [-0.2, -0.15) is 4.98 Å². The van der Waals surface area contributed by atoms with Crippen LogP contribution in [0.2, 0.25) is 0 Å². The van der Waals surface area contributed by atoms with E-state index in [0.29, 0.717) is 17.1 Å².